The van der Waals surface area contributed by atoms with Crippen LogP contribution >= 0.6 is 35.3 Å². The molecule has 0 saturated carbocycles. The van der Waals surface area contributed by atoms with Gasteiger partial charge in [-0.25, -0.2) is 4.98 Å². The van der Waals surface area contributed by atoms with Crippen molar-refractivity contribution in [1.29, 1.82) is 0 Å². The number of hydrogen-bond donors (Lipinski definition) is 1. The molecule has 2 aromatic rings. The van der Waals surface area contributed by atoms with Crippen LogP contribution < -0.4 is 5.32 Å². The van der Waals surface area contributed by atoms with Gasteiger partial charge in [-0.05, 0) is 38.2 Å². The molecule has 1 aliphatic heterocycles. The topological polar surface area (TPSA) is 49.8 Å². The largest absolute Gasteiger partial charge is 0.376 e. The molecule has 0 spiro atoms. The number of nitrogens with one attached hydrogen (secondary N) is 1. The third-order valence-corrected chi connectivity index (χ3v) is 6.06. The molecule has 1 fully saturated rings. The summed E-state index contributed by atoms with van der Waals surface area (Å²) >= 11 is 1.77. The number of halogens is 1. The Balaban J connectivity index is 0.00000300. The van der Waals surface area contributed by atoms with Crippen LogP contribution in [0.25, 0.3) is 0 Å². The summed E-state index contributed by atoms with van der Waals surface area (Å²) in [6.07, 6.45) is 4.53. The van der Waals surface area contributed by atoms with Crippen molar-refractivity contribution < 1.29 is 4.74 Å². The van der Waals surface area contributed by atoms with Crippen LogP contribution in [0, 0.1) is 12.8 Å². The highest BCUT2D eigenvalue weighted by atomic mass is 127. The van der Waals surface area contributed by atoms with Gasteiger partial charge in [-0.3, -0.25) is 4.99 Å². The van der Waals surface area contributed by atoms with E-state index in [9.17, 15) is 0 Å². The number of benzene rings is 1. The quantitative estimate of drug-likeness (QED) is 0.225. The van der Waals surface area contributed by atoms with Gasteiger partial charge in [-0.2, -0.15) is 0 Å². The molecule has 2 heterocycles. The monoisotopic (exact) mass is 528 g/mol. The number of hydrogen-bond acceptors (Lipinski definition) is 4. The third kappa shape index (κ3) is 8.22. The highest BCUT2D eigenvalue weighted by Gasteiger charge is 2.24. The number of ether oxygens (including phenoxy) is 1. The molecule has 0 radical (unpaired) electrons. The van der Waals surface area contributed by atoms with Crippen molar-refractivity contribution >= 4 is 41.3 Å². The van der Waals surface area contributed by atoms with Gasteiger partial charge in [-0.1, -0.05) is 30.3 Å². The smallest absolute Gasteiger partial charge is 0.193 e. The maximum absolute atomic E-state index is 5.93. The maximum Gasteiger partial charge on any atom is 0.193 e. The number of aliphatic imine (C=N–C) groups is 1. The standard InChI is InChI=1S/C22H32N4OS.HI/c1-18-17-28-21(25-18)10-6-7-12-24-22(23-2)26-13-11-20(14-26)16-27-15-19-8-4-3-5-9-19;/h3-5,8-9,17,20H,6-7,10-16H2,1-2H3,(H,23,24);1H. The number of guanidine groups is 1. The zero-order valence-corrected chi connectivity index (χ0v) is 20.6. The first kappa shape index (κ1) is 24.1. The Morgan fingerprint density at radius 3 is 2.86 bits per heavy atom. The molecule has 1 N–H and O–H groups in total. The van der Waals surface area contributed by atoms with E-state index in [2.05, 4.69) is 56.8 Å². The van der Waals surface area contributed by atoms with Crippen molar-refractivity contribution in [3.63, 3.8) is 0 Å². The Morgan fingerprint density at radius 2 is 2.14 bits per heavy atom. The highest BCUT2D eigenvalue weighted by Crippen LogP contribution is 2.17. The van der Waals surface area contributed by atoms with Crippen LogP contribution in [-0.2, 0) is 17.8 Å². The maximum atomic E-state index is 5.93. The van der Waals surface area contributed by atoms with Gasteiger partial charge in [0.2, 0.25) is 0 Å². The second-order valence-corrected chi connectivity index (χ2v) is 8.36. The Labute approximate surface area is 196 Å². The predicted molar refractivity (Wildman–Crippen MR) is 132 cm³/mol. The summed E-state index contributed by atoms with van der Waals surface area (Å²) in [7, 11) is 1.87. The molecule has 1 saturated heterocycles. The summed E-state index contributed by atoms with van der Waals surface area (Å²) in [4.78, 5) is 11.4. The first-order valence-electron chi connectivity index (χ1n) is 10.2. The SMILES string of the molecule is CN=C(NCCCCc1nc(C)cs1)N1CCC(COCc2ccccc2)C1.I. The third-order valence-electron chi connectivity index (χ3n) is 5.03. The highest BCUT2D eigenvalue weighted by molar-refractivity contribution is 14.0. The van der Waals surface area contributed by atoms with Gasteiger partial charge in [0.25, 0.3) is 0 Å². The molecule has 1 aliphatic rings. The number of aromatic nitrogens is 1. The van der Waals surface area contributed by atoms with E-state index in [0.29, 0.717) is 12.5 Å². The van der Waals surface area contributed by atoms with Gasteiger partial charge < -0.3 is 15.0 Å². The number of likely N-dealkylation sites (tertiary alicyclic amines) is 1. The summed E-state index contributed by atoms with van der Waals surface area (Å²) in [5.74, 6) is 1.60. The van der Waals surface area contributed by atoms with Crippen molar-refractivity contribution in [2.45, 2.75) is 39.2 Å². The number of rotatable bonds is 9. The summed E-state index contributed by atoms with van der Waals surface area (Å²) < 4.78 is 5.93. The molecule has 0 bridgehead atoms. The Kier molecular flexibility index (Phi) is 10.9. The van der Waals surface area contributed by atoms with Crippen molar-refractivity contribution in [2.24, 2.45) is 10.9 Å². The van der Waals surface area contributed by atoms with Crippen LogP contribution in [0.4, 0.5) is 0 Å². The van der Waals surface area contributed by atoms with Crippen LogP contribution in [0.15, 0.2) is 40.7 Å². The van der Waals surface area contributed by atoms with E-state index >= 15 is 0 Å². The van der Waals surface area contributed by atoms with Gasteiger partial charge in [-0.15, -0.1) is 35.3 Å². The Morgan fingerprint density at radius 1 is 1.31 bits per heavy atom. The first-order valence-corrected chi connectivity index (χ1v) is 11.1. The predicted octanol–water partition coefficient (Wildman–Crippen LogP) is 4.51. The zero-order chi connectivity index (χ0) is 19.6. The normalized spacial score (nSPS) is 16.7. The lowest BCUT2D eigenvalue weighted by Crippen LogP contribution is -2.40. The van der Waals surface area contributed by atoms with Crippen molar-refractivity contribution in [1.82, 2.24) is 15.2 Å². The number of aryl methyl sites for hydroxylation is 2. The van der Waals surface area contributed by atoms with Crippen molar-refractivity contribution in [3.8, 4) is 0 Å². The number of thiazole rings is 1. The fourth-order valence-electron chi connectivity index (χ4n) is 3.53. The van der Waals surface area contributed by atoms with Gasteiger partial charge in [0.1, 0.15) is 0 Å². The van der Waals surface area contributed by atoms with E-state index in [1.165, 1.54) is 17.0 Å². The first-order chi connectivity index (χ1) is 13.7. The minimum absolute atomic E-state index is 0. The van der Waals surface area contributed by atoms with Crippen molar-refractivity contribution in [2.75, 3.05) is 33.3 Å². The van der Waals surface area contributed by atoms with Crippen LogP contribution in [0.5, 0.6) is 0 Å². The molecule has 160 valence electrons. The lowest BCUT2D eigenvalue weighted by Gasteiger charge is -2.21. The summed E-state index contributed by atoms with van der Waals surface area (Å²) in [6, 6.07) is 10.4. The zero-order valence-electron chi connectivity index (χ0n) is 17.5. The molecule has 1 aromatic heterocycles. The molecule has 1 unspecified atom stereocenters. The van der Waals surface area contributed by atoms with Crippen LogP contribution in [0.1, 0.15) is 35.5 Å². The number of unbranched alkanes of at least 4 members (excludes halogenated alkanes) is 1. The molecular weight excluding hydrogens is 495 g/mol. The molecule has 29 heavy (non-hydrogen) atoms. The summed E-state index contributed by atoms with van der Waals surface area (Å²) in [5, 5.41) is 6.90. The molecule has 0 aliphatic carbocycles. The lowest BCUT2D eigenvalue weighted by molar-refractivity contribution is 0.0907. The van der Waals surface area contributed by atoms with Gasteiger partial charge in [0, 0.05) is 43.7 Å². The Hall–Kier alpha value is -1.19. The fraction of sp³-hybridized carbons (Fsp3) is 0.545. The number of nitrogens with zero attached hydrogens (tertiary/aromatic N) is 3. The molecule has 1 atom stereocenters. The van der Waals surface area contributed by atoms with Crippen LogP contribution in [0.2, 0.25) is 0 Å². The minimum atomic E-state index is 0. The molecule has 7 heteroatoms. The molecule has 1 aromatic carbocycles. The minimum Gasteiger partial charge on any atom is -0.376 e. The van der Waals surface area contributed by atoms with Gasteiger partial charge in [0.15, 0.2) is 5.96 Å². The van der Waals surface area contributed by atoms with E-state index in [4.69, 9.17) is 4.74 Å². The van der Waals surface area contributed by atoms with E-state index < -0.39 is 0 Å². The lowest BCUT2D eigenvalue weighted by atomic mass is 10.1. The van der Waals surface area contributed by atoms with Crippen LogP contribution in [0.3, 0.4) is 0 Å². The van der Waals surface area contributed by atoms with E-state index in [0.717, 1.165) is 57.2 Å². The van der Waals surface area contributed by atoms with Gasteiger partial charge >= 0.3 is 0 Å². The van der Waals surface area contributed by atoms with Gasteiger partial charge in [0.05, 0.1) is 18.2 Å². The van der Waals surface area contributed by atoms with Crippen molar-refractivity contribution in [3.05, 3.63) is 52.0 Å². The molecule has 5 nitrogen and oxygen atoms in total. The Bertz CT molecular complexity index is 737. The summed E-state index contributed by atoms with van der Waals surface area (Å²) in [5.41, 5.74) is 2.37. The summed E-state index contributed by atoms with van der Waals surface area (Å²) in [6.45, 7) is 6.60. The fourth-order valence-corrected chi connectivity index (χ4v) is 4.35. The van der Waals surface area contributed by atoms with E-state index in [-0.39, 0.29) is 24.0 Å². The second-order valence-electron chi connectivity index (χ2n) is 7.42. The molecule has 3 rings (SSSR count). The van der Waals surface area contributed by atoms with E-state index in [1.807, 2.05) is 13.1 Å². The molecular formula is C22H33IN4OS. The second kappa shape index (κ2) is 13.2. The average molecular weight is 529 g/mol. The van der Waals surface area contributed by atoms with E-state index in [1.54, 1.807) is 11.3 Å². The van der Waals surface area contributed by atoms with Crippen LogP contribution in [-0.4, -0.2) is 49.1 Å². The average Bonchev–Trinajstić information content (AvgIpc) is 3.35. The molecule has 0 amide bonds.